The summed E-state index contributed by atoms with van der Waals surface area (Å²) in [4.78, 5) is 19.2. The third kappa shape index (κ3) is 7.35. The number of ether oxygens (including phenoxy) is 2. The van der Waals surface area contributed by atoms with Crippen LogP contribution in [0, 0.1) is 17.3 Å². The maximum Gasteiger partial charge on any atom is 0.309 e. The van der Waals surface area contributed by atoms with Gasteiger partial charge in [0.1, 0.15) is 0 Å². The summed E-state index contributed by atoms with van der Waals surface area (Å²) < 4.78 is 11.3. The Bertz CT molecular complexity index is 500. The zero-order valence-electron chi connectivity index (χ0n) is 18.3. The average molecular weight is 509 g/mol. The van der Waals surface area contributed by atoms with Crippen molar-refractivity contribution in [1.82, 2.24) is 10.2 Å². The molecule has 2 fully saturated rings. The fourth-order valence-electron chi connectivity index (χ4n) is 4.20. The largest absolute Gasteiger partial charge is 0.466 e. The number of likely N-dealkylation sites (tertiary alicyclic amines) is 1. The molecule has 2 rings (SSSR count). The maximum atomic E-state index is 12.0. The van der Waals surface area contributed by atoms with E-state index >= 15 is 0 Å². The Morgan fingerprint density at radius 3 is 2.46 bits per heavy atom. The lowest BCUT2D eigenvalue weighted by atomic mass is 9.78. The molecule has 164 valence electrons. The molecule has 0 aromatic rings. The number of nitrogens with zero attached hydrogens (tertiary/aromatic N) is 2. The Morgan fingerprint density at radius 2 is 1.89 bits per heavy atom. The van der Waals surface area contributed by atoms with Crippen molar-refractivity contribution in [1.29, 1.82) is 0 Å². The first-order chi connectivity index (χ1) is 12.9. The van der Waals surface area contributed by atoms with E-state index in [2.05, 4.69) is 37.9 Å². The van der Waals surface area contributed by atoms with E-state index in [0.717, 1.165) is 58.0 Å². The van der Waals surface area contributed by atoms with Crippen LogP contribution < -0.4 is 5.32 Å². The number of guanidine groups is 1. The third-order valence-corrected chi connectivity index (χ3v) is 5.52. The number of nitrogens with one attached hydrogen (secondary N) is 1. The van der Waals surface area contributed by atoms with Crippen molar-refractivity contribution in [3.8, 4) is 0 Å². The van der Waals surface area contributed by atoms with Gasteiger partial charge in [-0.2, -0.15) is 0 Å². The van der Waals surface area contributed by atoms with Gasteiger partial charge in [-0.05, 0) is 44.9 Å². The first-order valence-corrected chi connectivity index (χ1v) is 10.7. The van der Waals surface area contributed by atoms with Crippen molar-refractivity contribution in [3.63, 3.8) is 0 Å². The van der Waals surface area contributed by atoms with Crippen molar-refractivity contribution in [2.24, 2.45) is 22.2 Å². The molecule has 0 amide bonds. The molecule has 28 heavy (non-hydrogen) atoms. The molecular weight excluding hydrogens is 469 g/mol. The molecule has 2 aliphatic rings. The van der Waals surface area contributed by atoms with Crippen LogP contribution in [0.5, 0.6) is 0 Å². The lowest BCUT2D eigenvalue weighted by Crippen LogP contribution is -2.47. The van der Waals surface area contributed by atoms with Crippen LogP contribution in [0.3, 0.4) is 0 Å². The van der Waals surface area contributed by atoms with Gasteiger partial charge >= 0.3 is 5.97 Å². The average Bonchev–Trinajstić information content (AvgIpc) is 2.65. The molecule has 0 radical (unpaired) electrons. The Morgan fingerprint density at radius 1 is 1.21 bits per heavy atom. The zero-order chi connectivity index (χ0) is 19.9. The molecule has 2 saturated heterocycles. The van der Waals surface area contributed by atoms with Crippen LogP contribution in [-0.4, -0.2) is 62.3 Å². The lowest BCUT2D eigenvalue weighted by molar-refractivity contribution is -0.149. The standard InChI is InChI=1S/C21H39N3O3.HI/c1-6-22-20(24-12-10-16(11-13-24)19(25)26-7-2)23-15-17-9-8-14-27-18(17)21(3,4)5;/h16-18H,6-15H2,1-5H3,(H,22,23);1H. The number of aliphatic imine (C=N–C) groups is 1. The highest BCUT2D eigenvalue weighted by Crippen LogP contribution is 2.34. The number of piperidine rings is 1. The molecule has 2 atom stereocenters. The van der Waals surface area contributed by atoms with E-state index in [1.54, 1.807) is 0 Å². The molecule has 2 heterocycles. The molecule has 2 aliphatic heterocycles. The Labute approximate surface area is 188 Å². The van der Waals surface area contributed by atoms with Gasteiger partial charge in [-0.25, -0.2) is 0 Å². The summed E-state index contributed by atoms with van der Waals surface area (Å²) in [6.45, 7) is 15.4. The van der Waals surface area contributed by atoms with Gasteiger partial charge < -0.3 is 19.7 Å². The van der Waals surface area contributed by atoms with Gasteiger partial charge in [-0.3, -0.25) is 9.79 Å². The van der Waals surface area contributed by atoms with Gasteiger partial charge in [-0.15, -0.1) is 24.0 Å². The predicted octanol–water partition coefficient (Wildman–Crippen LogP) is 3.69. The van der Waals surface area contributed by atoms with Crippen molar-refractivity contribution < 1.29 is 14.3 Å². The van der Waals surface area contributed by atoms with Gasteiger partial charge in [-0.1, -0.05) is 20.8 Å². The van der Waals surface area contributed by atoms with Gasteiger partial charge in [0, 0.05) is 38.7 Å². The number of esters is 1. The SMILES string of the molecule is CCNC(=NCC1CCCOC1C(C)(C)C)N1CCC(C(=O)OCC)CC1.I. The molecular formula is C21H40IN3O3. The smallest absolute Gasteiger partial charge is 0.309 e. The fourth-order valence-corrected chi connectivity index (χ4v) is 4.20. The van der Waals surface area contributed by atoms with Crippen LogP contribution in [0.25, 0.3) is 0 Å². The number of carbonyl (C=O) groups is 1. The molecule has 0 spiro atoms. The summed E-state index contributed by atoms with van der Waals surface area (Å²) in [5.74, 6) is 1.41. The van der Waals surface area contributed by atoms with Crippen LogP contribution >= 0.6 is 24.0 Å². The quantitative estimate of drug-likeness (QED) is 0.265. The second-order valence-corrected chi connectivity index (χ2v) is 8.77. The van der Waals surface area contributed by atoms with Crippen LogP contribution in [0.1, 0.15) is 60.3 Å². The minimum absolute atomic E-state index is 0. The highest BCUT2D eigenvalue weighted by Gasteiger charge is 2.35. The van der Waals surface area contributed by atoms with Crippen molar-refractivity contribution in [2.45, 2.75) is 66.4 Å². The first-order valence-electron chi connectivity index (χ1n) is 10.7. The van der Waals surface area contributed by atoms with Crippen molar-refractivity contribution in [3.05, 3.63) is 0 Å². The molecule has 0 saturated carbocycles. The van der Waals surface area contributed by atoms with Crippen molar-refractivity contribution in [2.75, 3.05) is 39.4 Å². The third-order valence-electron chi connectivity index (χ3n) is 5.52. The van der Waals surface area contributed by atoms with Crippen LogP contribution in [0.15, 0.2) is 4.99 Å². The number of hydrogen-bond acceptors (Lipinski definition) is 4. The summed E-state index contributed by atoms with van der Waals surface area (Å²) in [7, 11) is 0. The van der Waals surface area contributed by atoms with E-state index < -0.39 is 0 Å². The van der Waals surface area contributed by atoms with E-state index in [4.69, 9.17) is 14.5 Å². The van der Waals surface area contributed by atoms with Crippen molar-refractivity contribution >= 4 is 35.9 Å². The minimum Gasteiger partial charge on any atom is -0.466 e. The van der Waals surface area contributed by atoms with Crippen LogP contribution in [0.2, 0.25) is 0 Å². The zero-order valence-corrected chi connectivity index (χ0v) is 20.7. The van der Waals surface area contributed by atoms with Gasteiger partial charge in [0.15, 0.2) is 5.96 Å². The molecule has 2 unspecified atom stereocenters. The van der Waals surface area contributed by atoms with E-state index in [9.17, 15) is 4.79 Å². The fraction of sp³-hybridized carbons (Fsp3) is 0.905. The topological polar surface area (TPSA) is 63.2 Å². The molecule has 0 aromatic carbocycles. The van der Waals surface area contributed by atoms with E-state index in [1.165, 1.54) is 6.42 Å². The maximum absolute atomic E-state index is 12.0. The van der Waals surface area contributed by atoms with Gasteiger partial charge in [0.05, 0.1) is 18.6 Å². The van der Waals surface area contributed by atoms with E-state index in [1.807, 2.05) is 6.92 Å². The van der Waals surface area contributed by atoms with Gasteiger partial charge in [0.2, 0.25) is 0 Å². The minimum atomic E-state index is -0.0496. The summed E-state index contributed by atoms with van der Waals surface area (Å²) in [5.41, 5.74) is 0.136. The second kappa shape index (κ2) is 12.2. The molecule has 0 bridgehead atoms. The Hall–Kier alpha value is -0.570. The summed E-state index contributed by atoms with van der Waals surface area (Å²) in [6.07, 6.45) is 4.22. The summed E-state index contributed by atoms with van der Waals surface area (Å²) in [6, 6.07) is 0. The first kappa shape index (κ1) is 25.5. The highest BCUT2D eigenvalue weighted by molar-refractivity contribution is 14.0. The summed E-state index contributed by atoms with van der Waals surface area (Å²) >= 11 is 0. The molecule has 0 aliphatic carbocycles. The van der Waals surface area contributed by atoms with Crippen LogP contribution in [-0.2, 0) is 14.3 Å². The number of hydrogen-bond donors (Lipinski definition) is 1. The Balaban J connectivity index is 0.00000392. The molecule has 0 aromatic heterocycles. The number of carbonyl (C=O) groups excluding carboxylic acids is 1. The monoisotopic (exact) mass is 509 g/mol. The number of rotatable bonds is 5. The molecule has 7 heteroatoms. The summed E-state index contributed by atoms with van der Waals surface area (Å²) in [5, 5.41) is 3.43. The van der Waals surface area contributed by atoms with E-state index in [-0.39, 0.29) is 47.4 Å². The van der Waals surface area contributed by atoms with E-state index in [0.29, 0.717) is 12.5 Å². The molecule has 1 N–H and O–H groups in total. The second-order valence-electron chi connectivity index (χ2n) is 8.77. The highest BCUT2D eigenvalue weighted by atomic mass is 127. The predicted molar refractivity (Wildman–Crippen MR) is 124 cm³/mol. The lowest BCUT2D eigenvalue weighted by Gasteiger charge is -2.40. The number of halogens is 1. The Kier molecular flexibility index (Phi) is 11.1. The van der Waals surface area contributed by atoms with Crippen LogP contribution in [0.4, 0.5) is 0 Å². The normalized spacial score (nSPS) is 24.5. The molecule has 6 nitrogen and oxygen atoms in total. The van der Waals surface area contributed by atoms with Gasteiger partial charge in [0.25, 0.3) is 0 Å².